The number of halogens is 4. The summed E-state index contributed by atoms with van der Waals surface area (Å²) in [5.74, 6) is 0. The number of alkyl halides is 3. The van der Waals surface area contributed by atoms with Crippen molar-refractivity contribution in [2.24, 2.45) is 0 Å². The quantitative estimate of drug-likeness (QED) is 0.761. The molecule has 1 rings (SSSR count). The molecule has 7 heteroatoms. The average molecular weight is 355 g/mol. The molecule has 0 saturated carbocycles. The van der Waals surface area contributed by atoms with Crippen LogP contribution in [0.3, 0.4) is 0 Å². The summed E-state index contributed by atoms with van der Waals surface area (Å²) in [6.45, 7) is 2.80. The van der Waals surface area contributed by atoms with Crippen LogP contribution in [-0.4, -0.2) is 40.4 Å². The number of rotatable bonds is 7. The molecule has 0 aliphatic carbocycles. The van der Waals surface area contributed by atoms with Crippen LogP contribution in [0.2, 0.25) is 0 Å². The molecular formula is C13H18BrF3N2O. The summed E-state index contributed by atoms with van der Waals surface area (Å²) in [7, 11) is 3.47. The van der Waals surface area contributed by atoms with E-state index >= 15 is 0 Å². The molecule has 0 unspecified atom stereocenters. The molecule has 0 aliphatic rings. The van der Waals surface area contributed by atoms with Gasteiger partial charge in [-0.2, -0.15) is 13.2 Å². The molecule has 114 valence electrons. The molecule has 0 aromatic heterocycles. The van der Waals surface area contributed by atoms with E-state index in [1.54, 1.807) is 7.11 Å². The van der Waals surface area contributed by atoms with Gasteiger partial charge < -0.3 is 15.0 Å². The van der Waals surface area contributed by atoms with E-state index in [-0.39, 0.29) is 0 Å². The highest BCUT2D eigenvalue weighted by atomic mass is 79.9. The van der Waals surface area contributed by atoms with Crippen LogP contribution in [0.1, 0.15) is 5.56 Å². The minimum absolute atomic E-state index is 0.437. The fraction of sp³-hybridized carbons (Fsp3) is 0.538. The van der Waals surface area contributed by atoms with Crippen molar-refractivity contribution >= 4 is 21.6 Å². The van der Waals surface area contributed by atoms with E-state index in [4.69, 9.17) is 4.74 Å². The van der Waals surface area contributed by atoms with Gasteiger partial charge in [0, 0.05) is 38.3 Å². The highest BCUT2D eigenvalue weighted by Crippen LogP contribution is 2.34. The van der Waals surface area contributed by atoms with E-state index in [0.29, 0.717) is 17.6 Å². The van der Waals surface area contributed by atoms with Crippen LogP contribution in [0.4, 0.5) is 18.9 Å². The third-order valence-corrected chi connectivity index (χ3v) is 3.43. The Bertz CT molecular complexity index is 427. The lowest BCUT2D eigenvalue weighted by Crippen LogP contribution is -2.31. The zero-order chi connectivity index (χ0) is 15.2. The second kappa shape index (κ2) is 7.85. The SMILES string of the molecule is COCCNCCN(C)c1ccc(C(F)(F)F)cc1Br. The Balaban J connectivity index is 2.58. The highest BCUT2D eigenvalue weighted by Gasteiger charge is 2.30. The Morgan fingerprint density at radius 2 is 2.00 bits per heavy atom. The number of nitrogens with zero attached hydrogens (tertiary/aromatic N) is 1. The number of hydrogen-bond donors (Lipinski definition) is 1. The normalized spacial score (nSPS) is 11.7. The van der Waals surface area contributed by atoms with Crippen LogP contribution in [0.25, 0.3) is 0 Å². The third-order valence-electron chi connectivity index (χ3n) is 2.79. The summed E-state index contributed by atoms with van der Waals surface area (Å²) in [5.41, 5.74) is 0.0753. The first kappa shape index (κ1) is 17.3. The molecular weight excluding hydrogens is 337 g/mol. The van der Waals surface area contributed by atoms with Gasteiger partial charge in [0.25, 0.3) is 0 Å². The van der Waals surface area contributed by atoms with Crippen molar-refractivity contribution in [3.8, 4) is 0 Å². The lowest BCUT2D eigenvalue weighted by molar-refractivity contribution is -0.137. The fourth-order valence-electron chi connectivity index (χ4n) is 1.66. The van der Waals surface area contributed by atoms with Crippen LogP contribution >= 0.6 is 15.9 Å². The average Bonchev–Trinajstić information content (AvgIpc) is 2.37. The van der Waals surface area contributed by atoms with Crippen LogP contribution in [0.5, 0.6) is 0 Å². The summed E-state index contributed by atoms with van der Waals surface area (Å²) in [5, 5.41) is 3.18. The Morgan fingerprint density at radius 1 is 1.30 bits per heavy atom. The predicted octanol–water partition coefficient (Wildman–Crippen LogP) is 3.14. The lowest BCUT2D eigenvalue weighted by atomic mass is 10.2. The summed E-state index contributed by atoms with van der Waals surface area (Å²) in [6.07, 6.45) is -4.32. The Kier molecular flexibility index (Phi) is 6.78. The number of methoxy groups -OCH3 is 1. The zero-order valence-corrected chi connectivity index (χ0v) is 13.0. The Morgan fingerprint density at radius 3 is 2.55 bits per heavy atom. The number of benzene rings is 1. The Labute approximate surface area is 125 Å². The van der Waals surface area contributed by atoms with Crippen molar-refractivity contribution in [3.63, 3.8) is 0 Å². The van der Waals surface area contributed by atoms with Gasteiger partial charge in [-0.15, -0.1) is 0 Å². The van der Waals surface area contributed by atoms with Crippen molar-refractivity contribution in [2.75, 3.05) is 45.3 Å². The van der Waals surface area contributed by atoms with Gasteiger partial charge in [-0.05, 0) is 34.1 Å². The molecule has 0 amide bonds. The maximum Gasteiger partial charge on any atom is 0.416 e. The minimum atomic E-state index is -4.32. The molecule has 1 aromatic rings. The van der Waals surface area contributed by atoms with Crippen molar-refractivity contribution in [1.29, 1.82) is 0 Å². The van der Waals surface area contributed by atoms with E-state index in [1.807, 2.05) is 11.9 Å². The number of likely N-dealkylation sites (N-methyl/N-ethyl adjacent to an activating group) is 1. The van der Waals surface area contributed by atoms with Crippen molar-refractivity contribution < 1.29 is 17.9 Å². The molecule has 0 aliphatic heterocycles. The molecule has 20 heavy (non-hydrogen) atoms. The van der Waals surface area contributed by atoms with E-state index < -0.39 is 11.7 Å². The first-order valence-electron chi connectivity index (χ1n) is 6.14. The molecule has 1 aromatic carbocycles. The topological polar surface area (TPSA) is 24.5 Å². The van der Waals surface area contributed by atoms with Gasteiger partial charge in [0.15, 0.2) is 0 Å². The Hall–Kier alpha value is -0.790. The van der Waals surface area contributed by atoms with Crippen molar-refractivity contribution in [3.05, 3.63) is 28.2 Å². The summed E-state index contributed by atoms with van der Waals surface area (Å²) in [4.78, 5) is 1.89. The van der Waals surface area contributed by atoms with E-state index in [1.165, 1.54) is 6.07 Å². The number of anilines is 1. The van der Waals surface area contributed by atoms with Gasteiger partial charge >= 0.3 is 6.18 Å². The zero-order valence-electron chi connectivity index (χ0n) is 11.4. The smallest absolute Gasteiger partial charge is 0.383 e. The lowest BCUT2D eigenvalue weighted by Gasteiger charge is -2.22. The van der Waals surface area contributed by atoms with Gasteiger partial charge in [-0.25, -0.2) is 0 Å². The van der Waals surface area contributed by atoms with Crippen LogP contribution in [-0.2, 0) is 10.9 Å². The van der Waals surface area contributed by atoms with Crippen molar-refractivity contribution in [1.82, 2.24) is 5.32 Å². The highest BCUT2D eigenvalue weighted by molar-refractivity contribution is 9.10. The van der Waals surface area contributed by atoms with Gasteiger partial charge in [-0.3, -0.25) is 0 Å². The second-order valence-electron chi connectivity index (χ2n) is 4.33. The van der Waals surface area contributed by atoms with Gasteiger partial charge in [0.2, 0.25) is 0 Å². The van der Waals surface area contributed by atoms with E-state index in [2.05, 4.69) is 21.2 Å². The maximum atomic E-state index is 12.6. The number of nitrogens with one attached hydrogen (secondary N) is 1. The molecule has 1 N–H and O–H groups in total. The van der Waals surface area contributed by atoms with Crippen LogP contribution in [0.15, 0.2) is 22.7 Å². The van der Waals surface area contributed by atoms with Crippen LogP contribution in [0, 0.1) is 0 Å². The standard InChI is InChI=1S/C13H18BrF3N2O/c1-19(7-5-18-6-8-20-2)12-4-3-10(9-11(12)14)13(15,16)17/h3-4,9,18H,5-8H2,1-2H3. The first-order chi connectivity index (χ1) is 9.36. The van der Waals surface area contributed by atoms with Gasteiger partial charge in [0.05, 0.1) is 17.9 Å². The van der Waals surface area contributed by atoms with E-state index in [0.717, 1.165) is 30.9 Å². The maximum absolute atomic E-state index is 12.6. The molecule has 3 nitrogen and oxygen atoms in total. The molecule has 0 spiro atoms. The molecule has 0 fully saturated rings. The van der Waals surface area contributed by atoms with Gasteiger partial charge in [-0.1, -0.05) is 0 Å². The summed E-state index contributed by atoms with van der Waals surface area (Å²) < 4.78 is 43.0. The minimum Gasteiger partial charge on any atom is -0.383 e. The fourth-order valence-corrected chi connectivity index (χ4v) is 2.34. The number of ether oxygens (including phenoxy) is 1. The van der Waals surface area contributed by atoms with Crippen molar-refractivity contribution in [2.45, 2.75) is 6.18 Å². The van der Waals surface area contributed by atoms with Crippen LogP contribution < -0.4 is 10.2 Å². The molecule has 0 bridgehead atoms. The second-order valence-corrected chi connectivity index (χ2v) is 5.18. The molecule has 0 radical (unpaired) electrons. The third kappa shape index (κ3) is 5.30. The monoisotopic (exact) mass is 354 g/mol. The van der Waals surface area contributed by atoms with E-state index in [9.17, 15) is 13.2 Å². The summed E-state index contributed by atoms with van der Waals surface area (Å²) in [6, 6.07) is 3.67. The van der Waals surface area contributed by atoms with Gasteiger partial charge in [0.1, 0.15) is 0 Å². The summed E-state index contributed by atoms with van der Waals surface area (Å²) >= 11 is 3.19. The first-order valence-corrected chi connectivity index (χ1v) is 6.93. The molecule has 0 atom stereocenters. The largest absolute Gasteiger partial charge is 0.416 e. The predicted molar refractivity (Wildman–Crippen MR) is 77.2 cm³/mol. The molecule has 0 saturated heterocycles. The molecule has 0 heterocycles. The number of hydrogen-bond acceptors (Lipinski definition) is 3.